The number of carbonyl (C=O) groups is 2. The van der Waals surface area contributed by atoms with E-state index in [1.807, 2.05) is 6.92 Å². The summed E-state index contributed by atoms with van der Waals surface area (Å²) >= 11 is 1.17. The summed E-state index contributed by atoms with van der Waals surface area (Å²) in [6.07, 6.45) is 1.90. The first-order valence-electron chi connectivity index (χ1n) is 5.86. The molecule has 0 saturated carbocycles. The van der Waals surface area contributed by atoms with Crippen LogP contribution in [0.3, 0.4) is 0 Å². The smallest absolute Gasteiger partial charge is 0.229 e. The van der Waals surface area contributed by atoms with E-state index in [0.29, 0.717) is 24.3 Å². The minimum atomic E-state index is -0.0895. The van der Waals surface area contributed by atoms with E-state index in [2.05, 4.69) is 11.1 Å². The van der Waals surface area contributed by atoms with Crippen molar-refractivity contribution in [2.45, 2.75) is 25.5 Å². The lowest BCUT2D eigenvalue weighted by Crippen LogP contribution is -2.27. The van der Waals surface area contributed by atoms with Crippen molar-refractivity contribution in [1.82, 2.24) is 4.98 Å². The summed E-state index contributed by atoms with van der Waals surface area (Å²) in [7, 11) is 0. The van der Waals surface area contributed by atoms with Crippen LogP contribution >= 0.6 is 11.8 Å². The lowest BCUT2D eigenvalue weighted by molar-refractivity contribution is -0.117. The number of nitrogens with zero attached hydrogens (tertiary/aromatic N) is 3. The van der Waals surface area contributed by atoms with Gasteiger partial charge in [-0.2, -0.15) is 5.26 Å². The first-order chi connectivity index (χ1) is 9.02. The van der Waals surface area contributed by atoms with Crippen molar-refractivity contribution in [1.29, 1.82) is 5.26 Å². The summed E-state index contributed by atoms with van der Waals surface area (Å²) in [6.45, 7) is 3.73. The molecular weight excluding hydrogens is 262 g/mol. The molecule has 0 bridgehead atoms. The Kier molecular flexibility index (Phi) is 3.86. The van der Waals surface area contributed by atoms with Crippen LogP contribution in [0.15, 0.2) is 12.3 Å². The van der Waals surface area contributed by atoms with Crippen molar-refractivity contribution >= 4 is 28.6 Å². The van der Waals surface area contributed by atoms with Crippen molar-refractivity contribution in [3.8, 4) is 6.07 Å². The van der Waals surface area contributed by atoms with E-state index < -0.39 is 0 Å². The average Bonchev–Trinajstić information content (AvgIpc) is 2.68. The molecule has 1 unspecified atom stereocenters. The van der Waals surface area contributed by atoms with E-state index in [9.17, 15) is 9.59 Å². The first-order valence-corrected chi connectivity index (χ1v) is 6.74. The third-order valence-corrected chi connectivity index (χ3v) is 3.91. The number of hydrogen-bond donors (Lipinski definition) is 0. The highest BCUT2D eigenvalue weighted by Gasteiger charge is 2.34. The number of anilines is 1. The summed E-state index contributed by atoms with van der Waals surface area (Å²) in [5.74, 6) is 0.313. The molecule has 0 N–H and O–H groups in total. The molecule has 6 heteroatoms. The maximum Gasteiger partial charge on any atom is 0.229 e. The Bertz CT molecular complexity index is 580. The average molecular weight is 275 g/mol. The van der Waals surface area contributed by atoms with Crippen LogP contribution in [0.25, 0.3) is 0 Å². The predicted molar refractivity (Wildman–Crippen MR) is 72.7 cm³/mol. The van der Waals surface area contributed by atoms with Gasteiger partial charge in [-0.1, -0.05) is 11.8 Å². The van der Waals surface area contributed by atoms with Gasteiger partial charge in [-0.25, -0.2) is 4.98 Å². The van der Waals surface area contributed by atoms with Gasteiger partial charge in [-0.3, -0.25) is 14.5 Å². The molecule has 1 aliphatic rings. The van der Waals surface area contributed by atoms with Crippen LogP contribution in [-0.4, -0.2) is 27.8 Å². The molecule has 2 heterocycles. The molecule has 1 fully saturated rings. The molecule has 0 aromatic carbocycles. The monoisotopic (exact) mass is 275 g/mol. The van der Waals surface area contributed by atoms with Gasteiger partial charge in [0.1, 0.15) is 6.07 Å². The molecule has 5 nitrogen and oxygen atoms in total. The number of carbonyl (C=O) groups excluding carboxylic acids is 2. The van der Waals surface area contributed by atoms with Crippen molar-refractivity contribution in [2.24, 2.45) is 0 Å². The summed E-state index contributed by atoms with van der Waals surface area (Å²) < 4.78 is 0. The van der Waals surface area contributed by atoms with Gasteiger partial charge >= 0.3 is 0 Å². The van der Waals surface area contributed by atoms with Gasteiger partial charge in [0.05, 0.1) is 5.56 Å². The SMILES string of the molecule is CC(=O)SC1CC(=O)N(c2nccc(C)c2C#N)C1. The van der Waals surface area contributed by atoms with Crippen molar-refractivity contribution in [2.75, 3.05) is 11.4 Å². The number of pyridine rings is 1. The summed E-state index contributed by atoms with van der Waals surface area (Å²) in [5, 5.41) is 9.11. The molecule has 0 spiro atoms. The van der Waals surface area contributed by atoms with E-state index in [0.717, 1.165) is 5.56 Å². The summed E-state index contributed by atoms with van der Waals surface area (Å²) in [4.78, 5) is 28.7. The van der Waals surface area contributed by atoms with Gasteiger partial charge in [0.2, 0.25) is 5.91 Å². The molecule has 1 saturated heterocycles. The second-order valence-electron chi connectivity index (χ2n) is 4.38. The number of thioether (sulfide) groups is 1. The second kappa shape index (κ2) is 5.41. The Balaban J connectivity index is 2.29. The molecular formula is C13H13N3O2S. The molecule has 2 rings (SSSR count). The summed E-state index contributed by atoms with van der Waals surface area (Å²) in [6, 6.07) is 3.83. The largest absolute Gasteiger partial charge is 0.295 e. The Morgan fingerprint density at radius 1 is 1.63 bits per heavy atom. The normalized spacial score (nSPS) is 18.5. The van der Waals surface area contributed by atoms with Crippen LogP contribution in [0, 0.1) is 18.3 Å². The third kappa shape index (κ3) is 2.76. The molecule has 98 valence electrons. The van der Waals surface area contributed by atoms with Crippen LogP contribution in [0.2, 0.25) is 0 Å². The molecule has 1 aliphatic heterocycles. The highest BCUT2D eigenvalue weighted by atomic mass is 32.2. The maximum absolute atomic E-state index is 12.0. The number of hydrogen-bond acceptors (Lipinski definition) is 5. The highest BCUT2D eigenvalue weighted by molar-refractivity contribution is 8.14. The highest BCUT2D eigenvalue weighted by Crippen LogP contribution is 2.30. The fourth-order valence-electron chi connectivity index (χ4n) is 2.08. The lowest BCUT2D eigenvalue weighted by atomic mass is 10.1. The minimum Gasteiger partial charge on any atom is -0.295 e. The number of rotatable bonds is 2. The van der Waals surface area contributed by atoms with E-state index in [4.69, 9.17) is 5.26 Å². The zero-order valence-electron chi connectivity index (χ0n) is 10.7. The zero-order chi connectivity index (χ0) is 14.0. The zero-order valence-corrected chi connectivity index (χ0v) is 11.5. The first kappa shape index (κ1) is 13.6. The van der Waals surface area contributed by atoms with Gasteiger partial charge in [0.25, 0.3) is 0 Å². The van der Waals surface area contributed by atoms with Gasteiger partial charge in [0.15, 0.2) is 10.9 Å². The molecule has 19 heavy (non-hydrogen) atoms. The van der Waals surface area contributed by atoms with Gasteiger partial charge < -0.3 is 0 Å². The van der Waals surface area contributed by atoms with Crippen molar-refractivity contribution in [3.63, 3.8) is 0 Å². The topological polar surface area (TPSA) is 74.1 Å². The number of aryl methyl sites for hydroxylation is 1. The molecule has 1 aromatic heterocycles. The van der Waals surface area contributed by atoms with Crippen molar-refractivity contribution in [3.05, 3.63) is 23.4 Å². The van der Waals surface area contributed by atoms with Crippen LogP contribution in [-0.2, 0) is 9.59 Å². The van der Waals surface area contributed by atoms with E-state index in [1.54, 1.807) is 12.3 Å². The lowest BCUT2D eigenvalue weighted by Gasteiger charge is -2.17. The fourth-order valence-corrected chi connectivity index (χ4v) is 3.00. The number of amides is 1. The van der Waals surface area contributed by atoms with Crippen LogP contribution in [0.4, 0.5) is 5.82 Å². The van der Waals surface area contributed by atoms with Gasteiger partial charge in [0, 0.05) is 31.3 Å². The van der Waals surface area contributed by atoms with Crippen LogP contribution in [0.5, 0.6) is 0 Å². The third-order valence-electron chi connectivity index (χ3n) is 2.93. The molecule has 1 atom stereocenters. The van der Waals surface area contributed by atoms with Gasteiger partial charge in [-0.05, 0) is 18.6 Å². The number of aromatic nitrogens is 1. The standard InChI is InChI=1S/C13H13N3O2S/c1-8-3-4-15-13(11(8)6-14)16-7-10(5-12(16)18)19-9(2)17/h3-4,10H,5,7H2,1-2H3. The maximum atomic E-state index is 12.0. The molecule has 1 amide bonds. The Morgan fingerprint density at radius 3 is 3.00 bits per heavy atom. The van der Waals surface area contributed by atoms with Crippen LogP contribution < -0.4 is 4.90 Å². The Morgan fingerprint density at radius 2 is 2.37 bits per heavy atom. The molecule has 0 radical (unpaired) electrons. The van der Waals surface area contributed by atoms with E-state index in [1.165, 1.54) is 23.6 Å². The van der Waals surface area contributed by atoms with E-state index >= 15 is 0 Å². The van der Waals surface area contributed by atoms with E-state index in [-0.39, 0.29) is 16.3 Å². The summed E-state index contributed by atoms with van der Waals surface area (Å²) in [5.41, 5.74) is 1.22. The Hall–Kier alpha value is -1.87. The quantitative estimate of drug-likeness (QED) is 0.820. The molecule has 1 aromatic rings. The predicted octanol–water partition coefficient (Wildman–Crippen LogP) is 1.65. The molecule has 0 aliphatic carbocycles. The van der Waals surface area contributed by atoms with Crippen LogP contribution in [0.1, 0.15) is 24.5 Å². The minimum absolute atomic E-state index is 0.00245. The second-order valence-corrected chi connectivity index (χ2v) is 5.86. The van der Waals surface area contributed by atoms with Gasteiger partial charge in [-0.15, -0.1) is 0 Å². The fraction of sp³-hybridized carbons (Fsp3) is 0.385. The van der Waals surface area contributed by atoms with Crippen molar-refractivity contribution < 1.29 is 9.59 Å². The Labute approximate surface area is 115 Å². The number of nitriles is 1.